The lowest BCUT2D eigenvalue weighted by molar-refractivity contribution is -0.124. The monoisotopic (exact) mass is 426 g/mol. The number of carbonyl (C=O) groups is 1. The van der Waals surface area contributed by atoms with Crippen molar-refractivity contribution in [2.75, 3.05) is 19.6 Å². The number of hydrogen-bond acceptors (Lipinski definition) is 4. The van der Waals surface area contributed by atoms with Gasteiger partial charge in [-0.05, 0) is 88.9 Å². The van der Waals surface area contributed by atoms with Gasteiger partial charge in [0, 0.05) is 17.0 Å². The third kappa shape index (κ3) is 5.89. The molecule has 1 aromatic heterocycles. The number of rotatable bonds is 8. The summed E-state index contributed by atoms with van der Waals surface area (Å²) in [5, 5.41) is 14.1. The minimum absolute atomic E-state index is 0.00562. The van der Waals surface area contributed by atoms with Gasteiger partial charge in [0.2, 0.25) is 5.91 Å². The van der Waals surface area contributed by atoms with Crippen LogP contribution in [0.4, 0.5) is 0 Å². The average molecular weight is 427 g/mol. The van der Waals surface area contributed by atoms with Crippen molar-refractivity contribution >= 4 is 16.9 Å². The molecule has 4 rings (SSSR count). The fraction of sp³-hybridized carbons (Fsp3) is 0.654. The first-order valence-corrected chi connectivity index (χ1v) is 12.3. The minimum Gasteiger partial charge on any atom is -0.464 e. The number of aliphatic hydroxyl groups excluding tert-OH is 1. The molecular weight excluding hydrogens is 388 g/mol. The number of benzene rings is 1. The summed E-state index contributed by atoms with van der Waals surface area (Å²) in [4.78, 5) is 14.6. The third-order valence-electron chi connectivity index (χ3n) is 7.50. The summed E-state index contributed by atoms with van der Waals surface area (Å²) in [6, 6.07) is 8.68. The SMILES string of the molecule is CC[C@H](O)CC(=O)NC1CCC(CCN2CCC(c3coc4ccccc34)CC2)CC1. The van der Waals surface area contributed by atoms with Gasteiger partial charge in [0.25, 0.3) is 0 Å². The molecule has 0 bridgehead atoms. The van der Waals surface area contributed by atoms with E-state index in [1.54, 1.807) is 0 Å². The quantitative estimate of drug-likeness (QED) is 0.634. The number of para-hydroxylation sites is 1. The zero-order chi connectivity index (χ0) is 21.6. The molecule has 1 saturated heterocycles. The van der Waals surface area contributed by atoms with Crippen LogP contribution in [0.15, 0.2) is 34.9 Å². The highest BCUT2D eigenvalue weighted by Gasteiger charge is 2.26. The lowest BCUT2D eigenvalue weighted by Crippen LogP contribution is -2.39. The van der Waals surface area contributed by atoms with E-state index < -0.39 is 6.10 Å². The molecule has 1 aromatic carbocycles. The minimum atomic E-state index is -0.507. The van der Waals surface area contributed by atoms with Crippen molar-refractivity contribution in [3.63, 3.8) is 0 Å². The van der Waals surface area contributed by atoms with Crippen LogP contribution >= 0.6 is 0 Å². The molecule has 170 valence electrons. The zero-order valence-corrected chi connectivity index (χ0v) is 18.9. The molecule has 2 aromatic rings. The smallest absolute Gasteiger partial charge is 0.222 e. The van der Waals surface area contributed by atoms with Gasteiger partial charge in [-0.15, -0.1) is 0 Å². The van der Waals surface area contributed by atoms with Gasteiger partial charge >= 0.3 is 0 Å². The van der Waals surface area contributed by atoms with Crippen molar-refractivity contribution in [1.82, 2.24) is 10.2 Å². The second-order valence-electron chi connectivity index (χ2n) is 9.64. The summed E-state index contributed by atoms with van der Waals surface area (Å²) in [6.07, 6.45) is 10.6. The Labute approximate surface area is 186 Å². The maximum absolute atomic E-state index is 12.0. The maximum Gasteiger partial charge on any atom is 0.222 e. The van der Waals surface area contributed by atoms with E-state index >= 15 is 0 Å². The van der Waals surface area contributed by atoms with Gasteiger partial charge in [-0.25, -0.2) is 0 Å². The van der Waals surface area contributed by atoms with Crippen LogP contribution in [0.25, 0.3) is 11.0 Å². The fourth-order valence-corrected chi connectivity index (χ4v) is 5.39. The Morgan fingerprint density at radius 1 is 1.16 bits per heavy atom. The molecule has 1 atom stereocenters. The summed E-state index contributed by atoms with van der Waals surface area (Å²) in [5.74, 6) is 1.40. The number of furan rings is 1. The van der Waals surface area contributed by atoms with E-state index in [1.165, 1.54) is 62.7 Å². The first-order chi connectivity index (χ1) is 15.1. The van der Waals surface area contributed by atoms with Crippen LogP contribution in [0, 0.1) is 5.92 Å². The summed E-state index contributed by atoms with van der Waals surface area (Å²) >= 11 is 0. The van der Waals surface area contributed by atoms with Crippen LogP contribution in [-0.4, -0.2) is 47.7 Å². The molecule has 1 aliphatic carbocycles. The molecule has 0 unspecified atom stereocenters. The number of hydrogen-bond donors (Lipinski definition) is 2. The summed E-state index contributed by atoms with van der Waals surface area (Å²) < 4.78 is 5.76. The van der Waals surface area contributed by atoms with E-state index in [-0.39, 0.29) is 12.3 Å². The van der Waals surface area contributed by atoms with Crippen LogP contribution in [0.1, 0.15) is 76.2 Å². The first-order valence-electron chi connectivity index (χ1n) is 12.3. The van der Waals surface area contributed by atoms with Crippen molar-refractivity contribution < 1.29 is 14.3 Å². The predicted octanol–water partition coefficient (Wildman–Crippen LogP) is 4.84. The second-order valence-corrected chi connectivity index (χ2v) is 9.64. The van der Waals surface area contributed by atoms with Crippen LogP contribution < -0.4 is 5.32 Å². The fourth-order valence-electron chi connectivity index (χ4n) is 5.39. The number of fused-ring (bicyclic) bond motifs is 1. The number of carbonyl (C=O) groups excluding carboxylic acids is 1. The molecule has 31 heavy (non-hydrogen) atoms. The molecule has 1 saturated carbocycles. The van der Waals surface area contributed by atoms with Gasteiger partial charge in [0.1, 0.15) is 5.58 Å². The van der Waals surface area contributed by atoms with Crippen molar-refractivity contribution in [3.8, 4) is 0 Å². The van der Waals surface area contributed by atoms with Gasteiger partial charge in [-0.1, -0.05) is 25.1 Å². The van der Waals surface area contributed by atoms with Crippen molar-refractivity contribution in [2.24, 2.45) is 5.92 Å². The molecule has 2 aliphatic rings. The standard InChI is InChI=1S/C26H38N2O3/c1-2-22(29)17-26(30)27-21-9-7-19(8-10-21)11-14-28-15-12-20(13-16-28)24-18-31-25-6-4-3-5-23(24)25/h3-6,18-22,29H,2,7-17H2,1H3,(H,27,30)/t19?,21?,22-/m0/s1. The Morgan fingerprint density at radius 2 is 1.90 bits per heavy atom. The maximum atomic E-state index is 12.0. The zero-order valence-electron chi connectivity index (χ0n) is 18.9. The predicted molar refractivity (Wildman–Crippen MR) is 124 cm³/mol. The van der Waals surface area contributed by atoms with Crippen molar-refractivity contribution in [3.05, 3.63) is 36.1 Å². The third-order valence-corrected chi connectivity index (χ3v) is 7.50. The molecule has 1 amide bonds. The molecule has 2 N–H and O–H groups in total. The van der Waals surface area contributed by atoms with Crippen molar-refractivity contribution in [2.45, 2.75) is 82.8 Å². The number of piperidine rings is 1. The number of nitrogens with zero attached hydrogens (tertiary/aromatic N) is 1. The molecule has 0 radical (unpaired) electrons. The highest BCUT2D eigenvalue weighted by molar-refractivity contribution is 5.81. The lowest BCUT2D eigenvalue weighted by Gasteiger charge is -2.34. The Morgan fingerprint density at radius 3 is 2.65 bits per heavy atom. The Bertz CT molecular complexity index is 832. The molecule has 5 heteroatoms. The summed E-state index contributed by atoms with van der Waals surface area (Å²) in [5.41, 5.74) is 2.40. The van der Waals surface area contributed by atoms with E-state index in [4.69, 9.17) is 4.42 Å². The largest absolute Gasteiger partial charge is 0.464 e. The number of aliphatic hydroxyl groups is 1. The molecule has 0 spiro atoms. The summed E-state index contributed by atoms with van der Waals surface area (Å²) in [6.45, 7) is 5.46. The van der Waals surface area contributed by atoms with Crippen LogP contribution in [-0.2, 0) is 4.79 Å². The van der Waals surface area contributed by atoms with E-state index in [9.17, 15) is 9.90 Å². The van der Waals surface area contributed by atoms with E-state index in [1.807, 2.05) is 19.3 Å². The highest BCUT2D eigenvalue weighted by atomic mass is 16.3. The lowest BCUT2D eigenvalue weighted by atomic mass is 9.83. The van der Waals surface area contributed by atoms with Crippen molar-refractivity contribution in [1.29, 1.82) is 0 Å². The molecule has 2 fully saturated rings. The molecule has 2 heterocycles. The number of likely N-dealkylation sites (tertiary alicyclic amines) is 1. The van der Waals surface area contributed by atoms with Gasteiger partial charge in [-0.2, -0.15) is 0 Å². The molecule has 1 aliphatic heterocycles. The second kappa shape index (κ2) is 10.6. The topological polar surface area (TPSA) is 65.7 Å². The Hall–Kier alpha value is -1.85. The van der Waals surface area contributed by atoms with Gasteiger partial charge in [-0.3, -0.25) is 4.79 Å². The van der Waals surface area contributed by atoms with Gasteiger partial charge in [0.05, 0.1) is 18.8 Å². The van der Waals surface area contributed by atoms with Crippen LogP contribution in [0.5, 0.6) is 0 Å². The van der Waals surface area contributed by atoms with Gasteiger partial charge in [0.15, 0.2) is 0 Å². The van der Waals surface area contributed by atoms with E-state index in [0.717, 1.165) is 24.3 Å². The first kappa shape index (κ1) is 22.3. The highest BCUT2D eigenvalue weighted by Crippen LogP contribution is 2.35. The summed E-state index contributed by atoms with van der Waals surface area (Å²) in [7, 11) is 0. The normalized spacial score (nSPS) is 24.3. The van der Waals surface area contributed by atoms with E-state index in [0.29, 0.717) is 18.4 Å². The van der Waals surface area contributed by atoms with E-state index in [2.05, 4.69) is 28.4 Å². The Balaban J connectivity index is 1.14. The average Bonchev–Trinajstić information content (AvgIpc) is 3.23. The van der Waals surface area contributed by atoms with Crippen LogP contribution in [0.2, 0.25) is 0 Å². The molecule has 5 nitrogen and oxygen atoms in total. The molecular formula is C26H38N2O3. The van der Waals surface area contributed by atoms with Gasteiger partial charge < -0.3 is 19.7 Å². The number of nitrogens with one attached hydrogen (secondary N) is 1. The number of amides is 1. The van der Waals surface area contributed by atoms with Crippen LogP contribution in [0.3, 0.4) is 0 Å². The Kier molecular flexibility index (Phi) is 7.67.